The van der Waals surface area contributed by atoms with Crippen LogP contribution in [0, 0.1) is 11.8 Å². The van der Waals surface area contributed by atoms with Crippen molar-refractivity contribution in [3.63, 3.8) is 0 Å². The number of hydrogen-bond acceptors (Lipinski definition) is 11. The third-order valence-electron chi connectivity index (χ3n) is 8.12. The Morgan fingerprint density at radius 3 is 1.60 bits per heavy atom. The van der Waals surface area contributed by atoms with Crippen LogP contribution in [0.15, 0.2) is 0 Å². The summed E-state index contributed by atoms with van der Waals surface area (Å²) < 4.78 is 0. The highest BCUT2D eigenvalue weighted by Crippen LogP contribution is 2.11. The molecule has 0 aromatic carbocycles. The van der Waals surface area contributed by atoms with Gasteiger partial charge >= 0.3 is 17.9 Å². The molecule has 8 atom stereocenters. The number of nitrogens with one attached hydrogen (secondary N) is 6. The lowest BCUT2D eigenvalue weighted by molar-refractivity contribution is -0.142. The van der Waals surface area contributed by atoms with E-state index in [0.717, 1.165) is 0 Å². The molecular formula is C32H56N8O12. The second kappa shape index (κ2) is 23.6. The molecular weight excluding hydrogens is 688 g/mol. The van der Waals surface area contributed by atoms with Gasteiger partial charge in [-0.3, -0.25) is 43.2 Å². The number of amides is 6. The molecule has 0 spiro atoms. The number of carbonyl (C=O) groups excluding carboxylic acids is 6. The average Bonchev–Trinajstić information content (AvgIpc) is 3.06. The van der Waals surface area contributed by atoms with Crippen molar-refractivity contribution in [3.05, 3.63) is 0 Å². The molecule has 20 heteroatoms. The van der Waals surface area contributed by atoms with Gasteiger partial charge in [-0.05, 0) is 57.9 Å². The van der Waals surface area contributed by atoms with E-state index in [0.29, 0.717) is 25.8 Å². The number of unbranched alkanes of at least 4 members (excludes halogenated alkanes) is 1. The zero-order valence-electron chi connectivity index (χ0n) is 30.5. The lowest BCUT2D eigenvalue weighted by Crippen LogP contribution is -2.61. The molecule has 0 saturated carbocycles. The van der Waals surface area contributed by atoms with Crippen LogP contribution in [0.1, 0.15) is 86.5 Å². The quantitative estimate of drug-likeness (QED) is 0.0431. The molecule has 0 rings (SSSR count). The molecule has 6 amide bonds. The molecule has 0 fully saturated rings. The van der Waals surface area contributed by atoms with Gasteiger partial charge in [-0.1, -0.05) is 34.1 Å². The van der Waals surface area contributed by atoms with Crippen molar-refractivity contribution in [1.82, 2.24) is 31.9 Å². The Bertz CT molecular complexity index is 1280. The second-order valence-corrected chi connectivity index (χ2v) is 12.9. The Morgan fingerprint density at radius 1 is 0.577 bits per heavy atom. The number of aliphatic carboxylic acids is 3. The second-order valence-electron chi connectivity index (χ2n) is 12.9. The van der Waals surface area contributed by atoms with Crippen LogP contribution in [0.25, 0.3) is 0 Å². The summed E-state index contributed by atoms with van der Waals surface area (Å²) in [5.74, 6) is -10.3. The van der Waals surface area contributed by atoms with Gasteiger partial charge in [-0.25, -0.2) is 0 Å². The summed E-state index contributed by atoms with van der Waals surface area (Å²) in [7, 11) is 0. The van der Waals surface area contributed by atoms with Gasteiger partial charge in [0.05, 0.1) is 12.5 Å². The topological polar surface area (TPSA) is 339 Å². The zero-order valence-corrected chi connectivity index (χ0v) is 30.5. The largest absolute Gasteiger partial charge is 0.481 e. The van der Waals surface area contributed by atoms with E-state index in [9.17, 15) is 48.3 Å². The minimum absolute atomic E-state index is 0.128. The summed E-state index contributed by atoms with van der Waals surface area (Å²) in [6.07, 6.45) is -0.104. The summed E-state index contributed by atoms with van der Waals surface area (Å²) in [6, 6.07) is -9.25. The van der Waals surface area contributed by atoms with Crippen LogP contribution in [0.5, 0.6) is 0 Å². The van der Waals surface area contributed by atoms with Gasteiger partial charge in [-0.2, -0.15) is 0 Å². The van der Waals surface area contributed by atoms with Crippen LogP contribution >= 0.6 is 0 Å². The highest BCUT2D eigenvalue weighted by atomic mass is 16.4. The number of hydrogen-bond donors (Lipinski definition) is 11. The highest BCUT2D eigenvalue weighted by Gasteiger charge is 2.35. The third kappa shape index (κ3) is 17.4. The van der Waals surface area contributed by atoms with E-state index < -0.39 is 120 Å². The van der Waals surface area contributed by atoms with Crippen LogP contribution < -0.4 is 43.4 Å². The molecule has 0 aliphatic carbocycles. The van der Waals surface area contributed by atoms with Crippen LogP contribution in [0.2, 0.25) is 0 Å². The molecule has 52 heavy (non-hydrogen) atoms. The van der Waals surface area contributed by atoms with E-state index in [1.165, 1.54) is 13.8 Å². The van der Waals surface area contributed by atoms with Crippen molar-refractivity contribution < 1.29 is 58.5 Å². The lowest BCUT2D eigenvalue weighted by atomic mass is 9.97. The SMILES string of the molecule is CCC(C)C(NC(=O)C(CC(=O)O)NC(=O)C(NC(=O)C(N)CCC(=O)O)C(C)C)C(=O)NC(C)C(=O)NC(CCCCN)C(=O)NC(C)C(=O)O. The van der Waals surface area contributed by atoms with Crippen LogP contribution in [-0.2, 0) is 43.2 Å². The molecule has 0 aromatic rings. The summed E-state index contributed by atoms with van der Waals surface area (Å²) in [6.45, 7) is 9.33. The number of carboxylic acids is 3. The molecule has 296 valence electrons. The van der Waals surface area contributed by atoms with Gasteiger partial charge in [0.2, 0.25) is 35.4 Å². The van der Waals surface area contributed by atoms with E-state index in [1.54, 1.807) is 27.7 Å². The van der Waals surface area contributed by atoms with Crippen LogP contribution in [-0.4, -0.2) is 118 Å². The van der Waals surface area contributed by atoms with E-state index in [2.05, 4.69) is 31.9 Å². The molecule has 0 heterocycles. The maximum absolute atomic E-state index is 13.4. The van der Waals surface area contributed by atoms with E-state index in [4.69, 9.17) is 21.7 Å². The first-order valence-electron chi connectivity index (χ1n) is 17.1. The van der Waals surface area contributed by atoms with E-state index in [-0.39, 0.29) is 12.8 Å². The smallest absolute Gasteiger partial charge is 0.325 e. The van der Waals surface area contributed by atoms with Crippen molar-refractivity contribution in [2.45, 2.75) is 129 Å². The maximum Gasteiger partial charge on any atom is 0.325 e. The Morgan fingerprint density at radius 2 is 1.10 bits per heavy atom. The van der Waals surface area contributed by atoms with Crippen molar-refractivity contribution >= 4 is 53.4 Å². The molecule has 0 aromatic heterocycles. The first-order valence-corrected chi connectivity index (χ1v) is 17.1. The molecule has 13 N–H and O–H groups in total. The van der Waals surface area contributed by atoms with Crippen molar-refractivity contribution in [2.75, 3.05) is 6.54 Å². The molecule has 0 aliphatic heterocycles. The predicted molar refractivity (Wildman–Crippen MR) is 185 cm³/mol. The fraction of sp³-hybridized carbons (Fsp3) is 0.719. The van der Waals surface area contributed by atoms with Gasteiger partial charge < -0.3 is 58.7 Å². The number of nitrogens with two attached hydrogens (primary N) is 2. The van der Waals surface area contributed by atoms with Gasteiger partial charge in [0.1, 0.15) is 36.3 Å². The van der Waals surface area contributed by atoms with Gasteiger partial charge in [0, 0.05) is 6.42 Å². The van der Waals surface area contributed by atoms with Crippen LogP contribution in [0.4, 0.5) is 0 Å². The molecule has 20 nitrogen and oxygen atoms in total. The standard InChI is InChI=1S/C32H56N8O12/c1-7-16(4)25(31(50)35-17(5)26(45)37-20(10-8-9-13-33)28(47)36-18(6)32(51)52)40-29(48)21(14-23(43)44)38-30(49)24(15(2)3)39-27(46)19(34)11-12-22(41)42/h15-21,24-25H,7-14,33-34H2,1-6H3,(H,35,50)(H,36,47)(H,37,45)(H,38,49)(H,39,46)(H,40,48)(H,41,42)(H,43,44)(H,51,52). The zero-order chi connectivity index (χ0) is 40.3. The number of rotatable bonds is 25. The summed E-state index contributed by atoms with van der Waals surface area (Å²) in [4.78, 5) is 112. The molecule has 0 aliphatic rings. The first kappa shape index (κ1) is 47.1. The summed E-state index contributed by atoms with van der Waals surface area (Å²) in [5.41, 5.74) is 11.3. The summed E-state index contributed by atoms with van der Waals surface area (Å²) in [5, 5.41) is 41.9. The minimum atomic E-state index is -1.72. The van der Waals surface area contributed by atoms with Gasteiger partial charge in [0.15, 0.2) is 0 Å². The molecule has 8 unspecified atom stereocenters. The average molecular weight is 745 g/mol. The van der Waals surface area contributed by atoms with E-state index in [1.807, 2.05) is 0 Å². The monoisotopic (exact) mass is 744 g/mol. The predicted octanol–water partition coefficient (Wildman–Crippen LogP) is -2.48. The Kier molecular flexibility index (Phi) is 21.4. The molecule has 0 bridgehead atoms. The summed E-state index contributed by atoms with van der Waals surface area (Å²) >= 11 is 0. The normalized spacial score (nSPS) is 15.6. The Hall–Kier alpha value is -4.85. The Labute approximate surface area is 302 Å². The third-order valence-corrected chi connectivity index (χ3v) is 8.12. The maximum atomic E-state index is 13.4. The van der Waals surface area contributed by atoms with Crippen molar-refractivity contribution in [1.29, 1.82) is 0 Å². The van der Waals surface area contributed by atoms with Crippen LogP contribution in [0.3, 0.4) is 0 Å². The minimum Gasteiger partial charge on any atom is -0.481 e. The lowest BCUT2D eigenvalue weighted by Gasteiger charge is -2.29. The first-order chi connectivity index (χ1) is 24.2. The van der Waals surface area contributed by atoms with Gasteiger partial charge in [-0.15, -0.1) is 0 Å². The fourth-order valence-electron chi connectivity index (χ4n) is 4.61. The number of carboxylic acid groups (broad SMARTS) is 3. The Balaban J connectivity index is 5.93. The molecule has 0 saturated heterocycles. The van der Waals surface area contributed by atoms with Gasteiger partial charge in [0.25, 0.3) is 0 Å². The van der Waals surface area contributed by atoms with Crippen molar-refractivity contribution in [2.24, 2.45) is 23.3 Å². The molecule has 0 radical (unpaired) electrons. The van der Waals surface area contributed by atoms with Crippen molar-refractivity contribution in [3.8, 4) is 0 Å². The highest BCUT2D eigenvalue weighted by molar-refractivity contribution is 5.98. The fourth-order valence-corrected chi connectivity index (χ4v) is 4.61. The van der Waals surface area contributed by atoms with E-state index >= 15 is 0 Å². The number of carbonyl (C=O) groups is 9.